The Labute approximate surface area is 131 Å². The van der Waals surface area contributed by atoms with Gasteiger partial charge in [0.1, 0.15) is 5.75 Å². The number of carbonyl (C=O) groups is 1. The zero-order valence-electron chi connectivity index (χ0n) is 13.0. The van der Waals surface area contributed by atoms with Crippen LogP contribution in [0, 0.1) is 0 Å². The Kier molecular flexibility index (Phi) is 4.64. The maximum absolute atomic E-state index is 12.3. The lowest BCUT2D eigenvalue weighted by molar-refractivity contribution is -0.131. The number of likely N-dealkylation sites (tertiary alicyclic amines) is 1. The summed E-state index contributed by atoms with van der Waals surface area (Å²) in [6.45, 7) is 2.49. The normalized spacial score (nSPS) is 27.5. The van der Waals surface area contributed by atoms with Crippen LogP contribution in [0.5, 0.6) is 5.75 Å². The van der Waals surface area contributed by atoms with Crippen LogP contribution >= 0.6 is 0 Å². The molecule has 120 valence electrons. The van der Waals surface area contributed by atoms with E-state index in [1.54, 1.807) is 7.11 Å². The Morgan fingerprint density at radius 3 is 2.95 bits per heavy atom. The van der Waals surface area contributed by atoms with Gasteiger partial charge in [-0.1, -0.05) is 18.2 Å². The number of hydrogen-bond acceptors (Lipinski definition) is 4. The van der Waals surface area contributed by atoms with E-state index < -0.39 is 0 Å². The number of para-hydroxylation sites is 1. The predicted molar refractivity (Wildman–Crippen MR) is 81.8 cm³/mol. The van der Waals surface area contributed by atoms with Gasteiger partial charge in [-0.05, 0) is 18.6 Å². The van der Waals surface area contributed by atoms with E-state index in [0.717, 1.165) is 25.1 Å². The zero-order chi connectivity index (χ0) is 15.4. The summed E-state index contributed by atoms with van der Waals surface area (Å²) in [4.78, 5) is 14.2. The van der Waals surface area contributed by atoms with Crippen molar-refractivity contribution in [2.24, 2.45) is 0 Å². The highest BCUT2D eigenvalue weighted by molar-refractivity contribution is 5.76. The molecule has 2 fully saturated rings. The van der Waals surface area contributed by atoms with Crippen LogP contribution in [-0.4, -0.2) is 55.9 Å². The Morgan fingerprint density at radius 1 is 1.41 bits per heavy atom. The summed E-state index contributed by atoms with van der Waals surface area (Å²) in [6.07, 6.45) is 2.35. The molecular weight excluding hydrogens is 282 g/mol. The van der Waals surface area contributed by atoms with Crippen LogP contribution in [-0.2, 0) is 14.3 Å². The van der Waals surface area contributed by atoms with Crippen molar-refractivity contribution in [3.63, 3.8) is 0 Å². The second kappa shape index (κ2) is 6.67. The molecule has 2 aliphatic rings. The quantitative estimate of drug-likeness (QED) is 0.833. The first-order chi connectivity index (χ1) is 10.7. The number of carbonyl (C=O) groups excluding carboxylic acids is 1. The van der Waals surface area contributed by atoms with Gasteiger partial charge in [0.25, 0.3) is 0 Å². The first-order valence-corrected chi connectivity index (χ1v) is 7.83. The van der Waals surface area contributed by atoms with Crippen molar-refractivity contribution in [3.05, 3.63) is 30.3 Å². The summed E-state index contributed by atoms with van der Waals surface area (Å²) >= 11 is 0. The lowest BCUT2D eigenvalue weighted by Gasteiger charge is -2.23. The average molecular weight is 305 g/mol. The molecule has 0 N–H and O–H groups in total. The van der Waals surface area contributed by atoms with Gasteiger partial charge in [-0.15, -0.1) is 0 Å². The van der Waals surface area contributed by atoms with Gasteiger partial charge in [0, 0.05) is 26.6 Å². The monoisotopic (exact) mass is 305 g/mol. The largest absolute Gasteiger partial charge is 0.493 e. The molecule has 5 nitrogen and oxygen atoms in total. The molecule has 1 aromatic rings. The van der Waals surface area contributed by atoms with Crippen LogP contribution in [0.3, 0.4) is 0 Å². The fourth-order valence-electron chi connectivity index (χ4n) is 3.23. The van der Waals surface area contributed by atoms with Gasteiger partial charge in [0.15, 0.2) is 0 Å². The molecular formula is C17H23NO4. The Morgan fingerprint density at radius 2 is 2.23 bits per heavy atom. The molecule has 1 amide bonds. The van der Waals surface area contributed by atoms with E-state index in [0.29, 0.717) is 26.2 Å². The smallest absolute Gasteiger partial charge is 0.226 e. The summed E-state index contributed by atoms with van der Waals surface area (Å²) in [6, 6.07) is 9.58. The number of rotatable bonds is 5. The summed E-state index contributed by atoms with van der Waals surface area (Å²) in [7, 11) is 1.71. The van der Waals surface area contributed by atoms with Crippen LogP contribution in [0.25, 0.3) is 0 Å². The minimum Gasteiger partial charge on any atom is -0.493 e. The molecule has 0 aliphatic carbocycles. The highest BCUT2D eigenvalue weighted by Crippen LogP contribution is 2.36. The van der Waals surface area contributed by atoms with Gasteiger partial charge in [-0.25, -0.2) is 0 Å². The molecule has 1 spiro atoms. The van der Waals surface area contributed by atoms with E-state index >= 15 is 0 Å². The van der Waals surface area contributed by atoms with Crippen molar-refractivity contribution in [2.75, 3.05) is 33.4 Å². The standard InChI is InChI=1S/C17H23NO4/c1-20-15-11-17(22-12-15)8-9-18(13-17)16(19)7-10-21-14-5-3-2-4-6-14/h2-6,15H,7-13H2,1H3/t15-,17+/m1/s1. The second-order valence-corrected chi connectivity index (χ2v) is 6.03. The van der Waals surface area contributed by atoms with Gasteiger partial charge < -0.3 is 19.1 Å². The van der Waals surface area contributed by atoms with E-state index in [4.69, 9.17) is 14.2 Å². The van der Waals surface area contributed by atoms with Crippen molar-refractivity contribution in [1.29, 1.82) is 0 Å². The van der Waals surface area contributed by atoms with Crippen LogP contribution in [0.4, 0.5) is 0 Å². The highest BCUT2D eigenvalue weighted by atomic mass is 16.6. The van der Waals surface area contributed by atoms with Crippen molar-refractivity contribution >= 4 is 5.91 Å². The molecule has 3 rings (SSSR count). The van der Waals surface area contributed by atoms with Crippen molar-refractivity contribution in [1.82, 2.24) is 4.90 Å². The molecule has 22 heavy (non-hydrogen) atoms. The lowest BCUT2D eigenvalue weighted by atomic mass is 9.98. The topological polar surface area (TPSA) is 48.0 Å². The molecule has 0 bridgehead atoms. The Bertz CT molecular complexity index is 507. The molecule has 0 unspecified atom stereocenters. The molecule has 1 aromatic carbocycles. The summed E-state index contributed by atoms with van der Waals surface area (Å²) in [5, 5.41) is 0. The van der Waals surface area contributed by atoms with Gasteiger partial charge >= 0.3 is 0 Å². The van der Waals surface area contributed by atoms with Crippen LogP contribution in [0.1, 0.15) is 19.3 Å². The minimum absolute atomic E-state index is 0.136. The fraction of sp³-hybridized carbons (Fsp3) is 0.588. The maximum atomic E-state index is 12.3. The van der Waals surface area contributed by atoms with Gasteiger partial charge in [-0.3, -0.25) is 4.79 Å². The van der Waals surface area contributed by atoms with Crippen molar-refractivity contribution < 1.29 is 19.0 Å². The third kappa shape index (κ3) is 3.42. The van der Waals surface area contributed by atoms with Crippen LogP contribution in [0.15, 0.2) is 30.3 Å². The number of ether oxygens (including phenoxy) is 3. The third-order valence-electron chi connectivity index (χ3n) is 4.51. The number of benzene rings is 1. The summed E-state index contributed by atoms with van der Waals surface area (Å²) < 4.78 is 16.9. The molecule has 0 aromatic heterocycles. The molecule has 5 heteroatoms. The van der Waals surface area contributed by atoms with E-state index in [9.17, 15) is 4.79 Å². The third-order valence-corrected chi connectivity index (χ3v) is 4.51. The first-order valence-electron chi connectivity index (χ1n) is 7.83. The molecule has 2 atom stereocenters. The number of nitrogens with zero attached hydrogens (tertiary/aromatic N) is 1. The van der Waals surface area contributed by atoms with E-state index in [1.807, 2.05) is 35.2 Å². The Balaban J connectivity index is 1.44. The fourth-order valence-corrected chi connectivity index (χ4v) is 3.23. The molecule has 2 heterocycles. The van der Waals surface area contributed by atoms with Gasteiger partial charge in [0.05, 0.1) is 31.3 Å². The molecule has 2 saturated heterocycles. The maximum Gasteiger partial charge on any atom is 0.226 e. The van der Waals surface area contributed by atoms with Gasteiger partial charge in [-0.2, -0.15) is 0 Å². The SMILES string of the molecule is CO[C@H]1CO[C@@]2(CCN(C(=O)CCOc3ccccc3)C2)C1. The number of methoxy groups -OCH3 is 1. The summed E-state index contributed by atoms with van der Waals surface area (Å²) in [5.41, 5.74) is -0.184. The second-order valence-electron chi connectivity index (χ2n) is 6.03. The lowest BCUT2D eigenvalue weighted by Crippen LogP contribution is -2.36. The van der Waals surface area contributed by atoms with Crippen molar-refractivity contribution in [3.8, 4) is 5.75 Å². The predicted octanol–water partition coefficient (Wildman–Crippen LogP) is 1.86. The summed E-state index contributed by atoms with van der Waals surface area (Å²) in [5.74, 6) is 0.938. The molecule has 0 radical (unpaired) electrons. The molecule has 2 aliphatic heterocycles. The number of hydrogen-bond donors (Lipinski definition) is 0. The minimum atomic E-state index is -0.184. The van der Waals surface area contributed by atoms with Crippen LogP contribution in [0.2, 0.25) is 0 Å². The Hall–Kier alpha value is -1.59. The van der Waals surface area contributed by atoms with Gasteiger partial charge in [0.2, 0.25) is 5.91 Å². The van der Waals surface area contributed by atoms with Crippen LogP contribution < -0.4 is 4.74 Å². The van der Waals surface area contributed by atoms with E-state index in [-0.39, 0.29) is 17.6 Å². The number of amides is 1. The molecule has 0 saturated carbocycles. The average Bonchev–Trinajstić information content (AvgIpc) is 3.16. The first kappa shape index (κ1) is 15.3. The van der Waals surface area contributed by atoms with E-state index in [1.165, 1.54) is 0 Å². The zero-order valence-corrected chi connectivity index (χ0v) is 13.0. The van der Waals surface area contributed by atoms with Crippen molar-refractivity contribution in [2.45, 2.75) is 31.0 Å². The highest BCUT2D eigenvalue weighted by Gasteiger charge is 2.46. The van der Waals surface area contributed by atoms with E-state index in [2.05, 4.69) is 0 Å².